The average molecular weight is 479 g/mol. The number of amides is 1. The van der Waals surface area contributed by atoms with Gasteiger partial charge in [0.2, 0.25) is 0 Å². The molecule has 3 aromatic carbocycles. The Bertz CT molecular complexity index is 1140. The monoisotopic (exact) mass is 478 g/mol. The summed E-state index contributed by atoms with van der Waals surface area (Å²) in [6, 6.07) is 20.4. The predicted molar refractivity (Wildman–Crippen MR) is 129 cm³/mol. The average Bonchev–Trinajstić information content (AvgIpc) is 2.91. The van der Waals surface area contributed by atoms with Crippen molar-refractivity contribution in [2.45, 2.75) is 6.61 Å². The van der Waals surface area contributed by atoms with Gasteiger partial charge in [-0.3, -0.25) is 4.79 Å². The van der Waals surface area contributed by atoms with Crippen LogP contribution in [0.25, 0.3) is 0 Å². The van der Waals surface area contributed by atoms with E-state index in [1.165, 1.54) is 12.1 Å². The van der Waals surface area contributed by atoms with Gasteiger partial charge in [-0.25, -0.2) is 9.18 Å². The first-order valence-corrected chi connectivity index (χ1v) is 11.3. The highest BCUT2D eigenvalue weighted by Gasteiger charge is 2.22. The van der Waals surface area contributed by atoms with E-state index in [4.69, 9.17) is 14.2 Å². The van der Waals surface area contributed by atoms with Crippen molar-refractivity contribution in [1.82, 2.24) is 4.90 Å². The summed E-state index contributed by atoms with van der Waals surface area (Å²) in [6.07, 6.45) is 0. The van der Waals surface area contributed by atoms with Crippen molar-refractivity contribution >= 4 is 17.6 Å². The first kappa shape index (κ1) is 24.1. The molecule has 1 fully saturated rings. The molecule has 0 radical (unpaired) electrons. The van der Waals surface area contributed by atoms with Gasteiger partial charge in [-0.1, -0.05) is 18.2 Å². The fourth-order valence-corrected chi connectivity index (χ4v) is 3.77. The Morgan fingerprint density at radius 1 is 0.886 bits per heavy atom. The molecule has 7 nitrogen and oxygen atoms in total. The molecule has 0 spiro atoms. The van der Waals surface area contributed by atoms with E-state index in [2.05, 4.69) is 4.90 Å². The third kappa shape index (κ3) is 6.50. The van der Waals surface area contributed by atoms with E-state index in [-0.39, 0.29) is 24.9 Å². The SMILES string of the molecule is COc1ccc(N2CCN(C(=O)COC(=O)c3cccc(OCc4ccc(F)cc4)c3)CC2)cc1. The lowest BCUT2D eigenvalue weighted by Crippen LogP contribution is -2.49. The van der Waals surface area contributed by atoms with E-state index in [1.807, 2.05) is 24.3 Å². The van der Waals surface area contributed by atoms with E-state index in [0.717, 1.165) is 17.0 Å². The third-order valence-corrected chi connectivity index (χ3v) is 5.79. The molecular weight excluding hydrogens is 451 g/mol. The first-order valence-electron chi connectivity index (χ1n) is 11.3. The van der Waals surface area contributed by atoms with Crippen molar-refractivity contribution in [3.05, 3.63) is 89.7 Å². The van der Waals surface area contributed by atoms with Crippen molar-refractivity contribution in [2.75, 3.05) is 44.8 Å². The van der Waals surface area contributed by atoms with Crippen LogP contribution in [0.1, 0.15) is 15.9 Å². The second-order valence-electron chi connectivity index (χ2n) is 8.08. The quantitative estimate of drug-likeness (QED) is 0.457. The number of hydrogen-bond acceptors (Lipinski definition) is 6. The molecule has 1 heterocycles. The van der Waals surface area contributed by atoms with Crippen LogP contribution in [0.2, 0.25) is 0 Å². The highest BCUT2D eigenvalue weighted by Crippen LogP contribution is 2.21. The maximum Gasteiger partial charge on any atom is 0.338 e. The van der Waals surface area contributed by atoms with Gasteiger partial charge in [-0.15, -0.1) is 0 Å². The molecule has 0 atom stereocenters. The maximum atomic E-state index is 13.0. The molecule has 0 aliphatic carbocycles. The van der Waals surface area contributed by atoms with Crippen LogP contribution >= 0.6 is 0 Å². The van der Waals surface area contributed by atoms with Crippen LogP contribution in [0.3, 0.4) is 0 Å². The van der Waals surface area contributed by atoms with Crippen molar-refractivity contribution in [1.29, 1.82) is 0 Å². The molecular formula is C27H27FN2O5. The van der Waals surface area contributed by atoms with Crippen LogP contribution in [0.5, 0.6) is 11.5 Å². The summed E-state index contributed by atoms with van der Waals surface area (Å²) < 4.78 is 29.2. The highest BCUT2D eigenvalue weighted by molar-refractivity contribution is 5.91. The Morgan fingerprint density at radius 3 is 2.29 bits per heavy atom. The van der Waals surface area contributed by atoms with Gasteiger partial charge in [0.15, 0.2) is 6.61 Å². The largest absolute Gasteiger partial charge is 0.497 e. The molecule has 8 heteroatoms. The maximum absolute atomic E-state index is 13.0. The Labute approximate surface area is 203 Å². The van der Waals surface area contributed by atoms with Crippen LogP contribution in [0, 0.1) is 5.82 Å². The Morgan fingerprint density at radius 2 is 1.60 bits per heavy atom. The molecule has 3 aromatic rings. The number of nitrogens with zero attached hydrogens (tertiary/aromatic N) is 2. The molecule has 1 amide bonds. The summed E-state index contributed by atoms with van der Waals surface area (Å²) in [5, 5.41) is 0. The van der Waals surface area contributed by atoms with Gasteiger partial charge in [0.25, 0.3) is 5.91 Å². The number of piperazine rings is 1. The van der Waals surface area contributed by atoms with Crippen molar-refractivity contribution in [3.8, 4) is 11.5 Å². The van der Waals surface area contributed by atoms with Gasteiger partial charge < -0.3 is 24.0 Å². The normalized spacial score (nSPS) is 13.3. The zero-order valence-corrected chi connectivity index (χ0v) is 19.5. The van der Waals surface area contributed by atoms with Gasteiger partial charge in [-0.2, -0.15) is 0 Å². The van der Waals surface area contributed by atoms with Crippen molar-refractivity contribution < 1.29 is 28.2 Å². The summed E-state index contributed by atoms with van der Waals surface area (Å²) in [4.78, 5) is 29.0. The number of ether oxygens (including phenoxy) is 3. The zero-order valence-electron chi connectivity index (χ0n) is 19.5. The minimum atomic E-state index is -0.595. The lowest BCUT2D eigenvalue weighted by Gasteiger charge is -2.36. The number of halogens is 1. The standard InChI is InChI=1S/C27H27FN2O5/c1-33-24-11-9-23(10-12-24)29-13-15-30(16-14-29)26(31)19-35-27(32)21-3-2-4-25(17-21)34-18-20-5-7-22(28)8-6-20/h2-12,17H,13-16,18-19H2,1H3. The van der Waals surface area contributed by atoms with Crippen LogP contribution in [-0.2, 0) is 16.1 Å². The summed E-state index contributed by atoms with van der Waals surface area (Å²) in [7, 11) is 1.63. The predicted octanol–water partition coefficient (Wildman–Crippen LogP) is 3.92. The molecule has 0 N–H and O–H groups in total. The number of esters is 1. The van der Waals surface area contributed by atoms with Gasteiger partial charge in [0.05, 0.1) is 12.7 Å². The number of hydrogen-bond donors (Lipinski definition) is 0. The molecule has 1 aliphatic heterocycles. The van der Waals surface area contributed by atoms with E-state index in [9.17, 15) is 14.0 Å². The number of carbonyl (C=O) groups excluding carboxylic acids is 2. The molecule has 0 saturated carbocycles. The number of methoxy groups -OCH3 is 1. The number of anilines is 1. The smallest absolute Gasteiger partial charge is 0.338 e. The van der Waals surface area contributed by atoms with Crippen molar-refractivity contribution in [3.63, 3.8) is 0 Å². The summed E-state index contributed by atoms with van der Waals surface area (Å²) in [5.74, 6) is 0.144. The Kier molecular flexibility index (Phi) is 7.82. The molecule has 4 rings (SSSR count). The Balaban J connectivity index is 1.23. The molecule has 1 saturated heterocycles. The summed E-state index contributed by atoms with van der Waals surface area (Å²) in [6.45, 7) is 2.41. The lowest BCUT2D eigenvalue weighted by molar-refractivity contribution is -0.134. The van der Waals surface area contributed by atoms with Gasteiger partial charge in [0.1, 0.15) is 23.9 Å². The molecule has 0 aromatic heterocycles. The van der Waals surface area contributed by atoms with E-state index < -0.39 is 5.97 Å². The molecule has 182 valence electrons. The summed E-state index contributed by atoms with van der Waals surface area (Å²) >= 11 is 0. The molecule has 0 bridgehead atoms. The van der Waals surface area contributed by atoms with Crippen LogP contribution in [0.4, 0.5) is 10.1 Å². The van der Waals surface area contributed by atoms with E-state index in [1.54, 1.807) is 48.4 Å². The zero-order chi connectivity index (χ0) is 24.6. The van der Waals surface area contributed by atoms with Gasteiger partial charge in [0, 0.05) is 31.9 Å². The summed E-state index contributed by atoms with van der Waals surface area (Å²) in [5.41, 5.74) is 2.17. The fourth-order valence-electron chi connectivity index (χ4n) is 3.77. The number of benzene rings is 3. The third-order valence-electron chi connectivity index (χ3n) is 5.79. The highest BCUT2D eigenvalue weighted by atomic mass is 19.1. The van der Waals surface area contributed by atoms with Crippen LogP contribution < -0.4 is 14.4 Å². The first-order chi connectivity index (χ1) is 17.0. The molecule has 0 unspecified atom stereocenters. The minimum absolute atomic E-state index is 0.226. The second kappa shape index (κ2) is 11.4. The van der Waals surface area contributed by atoms with Gasteiger partial charge >= 0.3 is 5.97 Å². The van der Waals surface area contributed by atoms with E-state index in [0.29, 0.717) is 37.5 Å². The van der Waals surface area contributed by atoms with Gasteiger partial charge in [-0.05, 0) is 60.2 Å². The van der Waals surface area contributed by atoms with Crippen molar-refractivity contribution in [2.24, 2.45) is 0 Å². The van der Waals surface area contributed by atoms with E-state index >= 15 is 0 Å². The number of carbonyl (C=O) groups is 2. The number of rotatable bonds is 8. The Hall–Kier alpha value is -4.07. The topological polar surface area (TPSA) is 68.3 Å². The second-order valence-corrected chi connectivity index (χ2v) is 8.08. The van der Waals surface area contributed by atoms with Crippen LogP contribution in [-0.4, -0.2) is 56.7 Å². The lowest BCUT2D eigenvalue weighted by atomic mass is 10.2. The molecule has 1 aliphatic rings. The molecule has 35 heavy (non-hydrogen) atoms. The van der Waals surface area contributed by atoms with Crippen LogP contribution in [0.15, 0.2) is 72.8 Å². The minimum Gasteiger partial charge on any atom is -0.497 e. The fraction of sp³-hybridized carbons (Fsp3) is 0.259.